The Hall–Kier alpha value is -1.13. The van der Waals surface area contributed by atoms with E-state index in [4.69, 9.17) is 15.2 Å². The average Bonchev–Trinajstić information content (AvgIpc) is 2.39. The quantitative estimate of drug-likeness (QED) is 0.867. The van der Waals surface area contributed by atoms with Gasteiger partial charge < -0.3 is 15.2 Å². The number of nitrogens with zero attached hydrogens (tertiary/aromatic N) is 1. The molecule has 0 aromatic carbocycles. The first-order chi connectivity index (χ1) is 8.31. The maximum absolute atomic E-state index is 5.88. The van der Waals surface area contributed by atoms with E-state index in [0.717, 1.165) is 31.4 Å². The normalized spacial score (nSPS) is 24.6. The lowest BCUT2D eigenvalue weighted by atomic mass is 9.95. The zero-order chi connectivity index (χ0) is 12.1. The SMILES string of the molecule is COC1CCCC(Oc2cccc(CN)n2)C1. The average molecular weight is 236 g/mol. The molecular formula is C13H20N2O2. The van der Waals surface area contributed by atoms with E-state index in [1.165, 1.54) is 0 Å². The summed E-state index contributed by atoms with van der Waals surface area (Å²) < 4.78 is 11.3. The van der Waals surface area contributed by atoms with Crippen molar-refractivity contribution in [2.24, 2.45) is 5.73 Å². The maximum atomic E-state index is 5.88. The Bertz CT molecular complexity index is 357. The molecule has 0 saturated heterocycles. The van der Waals surface area contributed by atoms with Gasteiger partial charge in [-0.05, 0) is 25.3 Å². The first-order valence-electron chi connectivity index (χ1n) is 6.17. The van der Waals surface area contributed by atoms with Crippen molar-refractivity contribution in [1.82, 2.24) is 4.98 Å². The Balaban J connectivity index is 1.95. The molecule has 0 aliphatic heterocycles. The van der Waals surface area contributed by atoms with E-state index in [1.807, 2.05) is 18.2 Å². The topological polar surface area (TPSA) is 57.4 Å². The Labute approximate surface area is 102 Å². The van der Waals surface area contributed by atoms with Crippen LogP contribution in [0, 0.1) is 0 Å². The Morgan fingerprint density at radius 3 is 2.94 bits per heavy atom. The van der Waals surface area contributed by atoms with Crippen LogP contribution in [0.4, 0.5) is 0 Å². The number of aromatic nitrogens is 1. The molecular weight excluding hydrogens is 216 g/mol. The molecule has 1 fully saturated rings. The molecule has 2 N–H and O–H groups in total. The second-order valence-corrected chi connectivity index (χ2v) is 4.44. The summed E-state index contributed by atoms with van der Waals surface area (Å²) >= 11 is 0. The summed E-state index contributed by atoms with van der Waals surface area (Å²) in [5.41, 5.74) is 6.42. The second kappa shape index (κ2) is 5.98. The standard InChI is InChI=1S/C13H20N2O2/c1-16-11-5-3-6-12(8-11)17-13-7-2-4-10(9-14)15-13/h2,4,7,11-12H,3,5-6,8-9,14H2,1H3. The van der Waals surface area contributed by atoms with Crippen molar-refractivity contribution in [1.29, 1.82) is 0 Å². The molecule has 1 aliphatic carbocycles. The summed E-state index contributed by atoms with van der Waals surface area (Å²) in [6.45, 7) is 0.447. The Morgan fingerprint density at radius 1 is 1.35 bits per heavy atom. The second-order valence-electron chi connectivity index (χ2n) is 4.44. The van der Waals surface area contributed by atoms with Gasteiger partial charge in [-0.2, -0.15) is 0 Å². The largest absolute Gasteiger partial charge is 0.474 e. The Morgan fingerprint density at radius 2 is 2.18 bits per heavy atom. The van der Waals surface area contributed by atoms with Crippen LogP contribution in [0.15, 0.2) is 18.2 Å². The van der Waals surface area contributed by atoms with Crippen LogP contribution in [0.25, 0.3) is 0 Å². The van der Waals surface area contributed by atoms with Crippen molar-refractivity contribution >= 4 is 0 Å². The fourth-order valence-corrected chi connectivity index (χ4v) is 2.23. The third-order valence-electron chi connectivity index (χ3n) is 3.19. The van der Waals surface area contributed by atoms with Crippen molar-refractivity contribution in [3.05, 3.63) is 23.9 Å². The van der Waals surface area contributed by atoms with Crippen molar-refractivity contribution in [2.45, 2.75) is 44.4 Å². The number of rotatable bonds is 4. The number of pyridine rings is 1. The molecule has 1 heterocycles. The molecule has 0 radical (unpaired) electrons. The predicted octanol–water partition coefficient (Wildman–Crippen LogP) is 1.88. The van der Waals surface area contributed by atoms with Gasteiger partial charge in [-0.25, -0.2) is 4.98 Å². The summed E-state index contributed by atoms with van der Waals surface area (Å²) in [6, 6.07) is 5.72. The lowest BCUT2D eigenvalue weighted by Gasteiger charge is -2.28. The molecule has 17 heavy (non-hydrogen) atoms. The fourth-order valence-electron chi connectivity index (χ4n) is 2.23. The van der Waals surface area contributed by atoms with Gasteiger partial charge in [0.1, 0.15) is 6.10 Å². The number of hydrogen-bond donors (Lipinski definition) is 1. The van der Waals surface area contributed by atoms with E-state index in [1.54, 1.807) is 7.11 Å². The van der Waals surface area contributed by atoms with E-state index < -0.39 is 0 Å². The minimum absolute atomic E-state index is 0.217. The third kappa shape index (κ3) is 3.41. The maximum Gasteiger partial charge on any atom is 0.213 e. The molecule has 1 aromatic heterocycles. The van der Waals surface area contributed by atoms with Gasteiger partial charge in [0.15, 0.2) is 0 Å². The third-order valence-corrected chi connectivity index (χ3v) is 3.19. The van der Waals surface area contributed by atoms with Gasteiger partial charge in [0.25, 0.3) is 0 Å². The van der Waals surface area contributed by atoms with E-state index >= 15 is 0 Å². The van der Waals surface area contributed by atoms with Crippen LogP contribution in [-0.4, -0.2) is 24.3 Å². The molecule has 94 valence electrons. The van der Waals surface area contributed by atoms with E-state index in [0.29, 0.717) is 18.5 Å². The van der Waals surface area contributed by atoms with Crippen molar-refractivity contribution < 1.29 is 9.47 Å². The van der Waals surface area contributed by atoms with E-state index in [9.17, 15) is 0 Å². The van der Waals surface area contributed by atoms with Gasteiger partial charge >= 0.3 is 0 Å². The first-order valence-corrected chi connectivity index (χ1v) is 6.17. The molecule has 4 heteroatoms. The summed E-state index contributed by atoms with van der Waals surface area (Å²) in [4.78, 5) is 4.35. The van der Waals surface area contributed by atoms with Crippen LogP contribution in [0.1, 0.15) is 31.4 Å². The molecule has 1 aliphatic rings. The Kier molecular flexibility index (Phi) is 4.34. The summed E-state index contributed by atoms with van der Waals surface area (Å²) in [6.07, 6.45) is 4.85. The minimum Gasteiger partial charge on any atom is -0.474 e. The summed E-state index contributed by atoms with van der Waals surface area (Å²) in [5, 5.41) is 0. The summed E-state index contributed by atoms with van der Waals surface area (Å²) in [7, 11) is 1.76. The monoisotopic (exact) mass is 236 g/mol. The molecule has 0 amide bonds. The number of ether oxygens (including phenoxy) is 2. The van der Waals surface area contributed by atoms with Crippen LogP contribution in [0.5, 0.6) is 5.88 Å². The molecule has 1 aromatic rings. The number of hydrogen-bond acceptors (Lipinski definition) is 4. The highest BCUT2D eigenvalue weighted by Gasteiger charge is 2.23. The lowest BCUT2D eigenvalue weighted by Crippen LogP contribution is -2.29. The minimum atomic E-state index is 0.217. The number of methoxy groups -OCH3 is 1. The van der Waals surface area contributed by atoms with Crippen molar-refractivity contribution in [3.8, 4) is 5.88 Å². The molecule has 1 saturated carbocycles. The molecule has 2 unspecified atom stereocenters. The molecule has 4 nitrogen and oxygen atoms in total. The number of nitrogens with two attached hydrogens (primary N) is 1. The predicted molar refractivity (Wildman–Crippen MR) is 65.8 cm³/mol. The van der Waals surface area contributed by atoms with Gasteiger partial charge in [-0.3, -0.25) is 0 Å². The van der Waals surface area contributed by atoms with Gasteiger partial charge in [-0.1, -0.05) is 6.07 Å². The first kappa shape index (κ1) is 12.3. The molecule has 2 atom stereocenters. The van der Waals surface area contributed by atoms with Crippen LogP contribution in [-0.2, 0) is 11.3 Å². The molecule has 0 spiro atoms. The van der Waals surface area contributed by atoms with Crippen LogP contribution >= 0.6 is 0 Å². The van der Waals surface area contributed by atoms with Gasteiger partial charge in [0.05, 0.1) is 11.8 Å². The fraction of sp³-hybridized carbons (Fsp3) is 0.615. The van der Waals surface area contributed by atoms with Crippen LogP contribution in [0.2, 0.25) is 0 Å². The summed E-state index contributed by atoms with van der Waals surface area (Å²) in [5.74, 6) is 0.676. The van der Waals surface area contributed by atoms with Gasteiger partial charge in [0, 0.05) is 26.1 Å². The highest BCUT2D eigenvalue weighted by Crippen LogP contribution is 2.24. The van der Waals surface area contributed by atoms with E-state index in [-0.39, 0.29) is 6.10 Å². The van der Waals surface area contributed by atoms with E-state index in [2.05, 4.69) is 4.98 Å². The highest BCUT2D eigenvalue weighted by atomic mass is 16.5. The lowest BCUT2D eigenvalue weighted by molar-refractivity contribution is 0.0194. The zero-order valence-electron chi connectivity index (χ0n) is 10.3. The van der Waals surface area contributed by atoms with Crippen molar-refractivity contribution in [2.75, 3.05) is 7.11 Å². The van der Waals surface area contributed by atoms with Gasteiger partial charge in [-0.15, -0.1) is 0 Å². The zero-order valence-corrected chi connectivity index (χ0v) is 10.3. The smallest absolute Gasteiger partial charge is 0.213 e. The highest BCUT2D eigenvalue weighted by molar-refractivity contribution is 5.16. The van der Waals surface area contributed by atoms with Crippen molar-refractivity contribution in [3.63, 3.8) is 0 Å². The van der Waals surface area contributed by atoms with Gasteiger partial charge in [0.2, 0.25) is 5.88 Å². The van der Waals surface area contributed by atoms with Crippen LogP contribution < -0.4 is 10.5 Å². The molecule has 0 bridgehead atoms. The molecule has 2 rings (SSSR count). The van der Waals surface area contributed by atoms with Crippen LogP contribution in [0.3, 0.4) is 0 Å².